The van der Waals surface area contributed by atoms with Gasteiger partial charge in [0.25, 0.3) is 0 Å². The van der Waals surface area contributed by atoms with Gasteiger partial charge in [-0.05, 0) is 24.3 Å². The fourth-order valence-electron chi connectivity index (χ4n) is 2.21. The molecule has 25 heavy (non-hydrogen) atoms. The van der Waals surface area contributed by atoms with E-state index in [0.717, 1.165) is 5.69 Å². The molecule has 0 atom stereocenters. The highest BCUT2D eigenvalue weighted by Crippen LogP contribution is 2.32. The van der Waals surface area contributed by atoms with E-state index in [4.69, 9.17) is 0 Å². The fourth-order valence-corrected chi connectivity index (χ4v) is 2.90. The smallest absolute Gasteiger partial charge is 0.361 e. The van der Waals surface area contributed by atoms with Crippen molar-refractivity contribution in [2.24, 2.45) is 12.0 Å². The van der Waals surface area contributed by atoms with Gasteiger partial charge in [-0.15, -0.1) is 11.8 Å². The van der Waals surface area contributed by atoms with E-state index in [1.807, 2.05) is 44.0 Å². The van der Waals surface area contributed by atoms with Crippen LogP contribution in [0.2, 0.25) is 0 Å². The maximum atomic E-state index is 13.3. The van der Waals surface area contributed by atoms with Gasteiger partial charge in [0.1, 0.15) is 6.67 Å². The summed E-state index contributed by atoms with van der Waals surface area (Å²) in [6.07, 6.45) is -2.40. The third-order valence-electron chi connectivity index (χ3n) is 3.43. The summed E-state index contributed by atoms with van der Waals surface area (Å²) in [6.45, 7) is -0.739. The molecule has 0 unspecified atom stereocenters. The van der Waals surface area contributed by atoms with Crippen LogP contribution >= 0.6 is 11.8 Å². The standard InChI is InChI=1S/C17H19F4N3S/c1-23(2)16(15-5-4-8-24(15)3)22-14-9-13(7-6-12(14)10-18)25-11-17(19,20)21/h4-9H,10-11H2,1-3H3/b22-16-. The van der Waals surface area contributed by atoms with Crippen molar-refractivity contribution >= 4 is 23.3 Å². The van der Waals surface area contributed by atoms with Gasteiger partial charge in [-0.2, -0.15) is 13.2 Å². The summed E-state index contributed by atoms with van der Waals surface area (Å²) in [5, 5.41) is 0. The van der Waals surface area contributed by atoms with Crippen molar-refractivity contribution in [1.29, 1.82) is 0 Å². The van der Waals surface area contributed by atoms with E-state index in [1.54, 1.807) is 4.90 Å². The Morgan fingerprint density at radius 1 is 1.24 bits per heavy atom. The quantitative estimate of drug-likeness (QED) is 0.325. The minimum Gasteiger partial charge on any atom is -0.361 e. The van der Waals surface area contributed by atoms with Gasteiger partial charge in [0.15, 0.2) is 5.84 Å². The summed E-state index contributed by atoms with van der Waals surface area (Å²) >= 11 is 0.661. The number of aryl methyl sites for hydroxylation is 1. The molecule has 0 radical (unpaired) electrons. The lowest BCUT2D eigenvalue weighted by atomic mass is 10.2. The van der Waals surface area contributed by atoms with Crippen LogP contribution in [0.5, 0.6) is 0 Å². The van der Waals surface area contributed by atoms with Crippen LogP contribution in [0.15, 0.2) is 46.4 Å². The first-order chi connectivity index (χ1) is 11.7. The highest BCUT2D eigenvalue weighted by molar-refractivity contribution is 7.99. The molecule has 1 heterocycles. The van der Waals surface area contributed by atoms with E-state index < -0.39 is 18.6 Å². The molecule has 0 aliphatic heterocycles. The highest BCUT2D eigenvalue weighted by atomic mass is 32.2. The van der Waals surface area contributed by atoms with Crippen LogP contribution in [0.4, 0.5) is 23.2 Å². The second kappa shape index (κ2) is 7.95. The summed E-state index contributed by atoms with van der Waals surface area (Å²) in [5.74, 6) is -0.399. The zero-order valence-corrected chi connectivity index (χ0v) is 15.0. The summed E-state index contributed by atoms with van der Waals surface area (Å²) < 4.78 is 52.4. The Hall–Kier alpha value is -1.96. The zero-order valence-electron chi connectivity index (χ0n) is 14.1. The van der Waals surface area contributed by atoms with E-state index in [0.29, 0.717) is 33.7 Å². The van der Waals surface area contributed by atoms with Crippen LogP contribution in [0.25, 0.3) is 0 Å². The Morgan fingerprint density at radius 2 is 1.96 bits per heavy atom. The van der Waals surface area contributed by atoms with Crippen LogP contribution < -0.4 is 0 Å². The molecule has 2 aromatic rings. The van der Waals surface area contributed by atoms with Crippen molar-refractivity contribution in [3.8, 4) is 0 Å². The van der Waals surface area contributed by atoms with E-state index in [1.165, 1.54) is 18.2 Å². The molecule has 0 fully saturated rings. The van der Waals surface area contributed by atoms with Gasteiger partial charge < -0.3 is 9.47 Å². The molecular weight excluding hydrogens is 354 g/mol. The Labute approximate surface area is 148 Å². The van der Waals surface area contributed by atoms with Gasteiger partial charge in [0, 0.05) is 37.8 Å². The van der Waals surface area contributed by atoms with Gasteiger partial charge in [0.2, 0.25) is 0 Å². The van der Waals surface area contributed by atoms with Crippen molar-refractivity contribution in [3.05, 3.63) is 47.8 Å². The molecule has 1 aromatic carbocycles. The summed E-state index contributed by atoms with van der Waals surface area (Å²) in [6, 6.07) is 8.20. The Kier molecular flexibility index (Phi) is 6.16. The van der Waals surface area contributed by atoms with Gasteiger partial charge in [-0.25, -0.2) is 9.38 Å². The van der Waals surface area contributed by atoms with Crippen LogP contribution in [0, 0.1) is 0 Å². The SMILES string of the molecule is CN(C)/C(=N\c1cc(SCC(F)(F)F)ccc1CF)c1cccn1C. The second-order valence-corrected chi connectivity index (χ2v) is 6.71. The predicted octanol–water partition coefficient (Wildman–Crippen LogP) is 4.79. The maximum absolute atomic E-state index is 13.3. The van der Waals surface area contributed by atoms with Crippen molar-refractivity contribution in [3.63, 3.8) is 0 Å². The molecule has 0 spiro atoms. The monoisotopic (exact) mass is 373 g/mol. The number of rotatable bonds is 5. The number of nitrogens with zero attached hydrogens (tertiary/aromatic N) is 3. The number of hydrogen-bond acceptors (Lipinski definition) is 2. The predicted molar refractivity (Wildman–Crippen MR) is 93.3 cm³/mol. The number of amidine groups is 1. The Morgan fingerprint density at radius 3 is 2.48 bits per heavy atom. The molecule has 1 aromatic heterocycles. The number of aromatic nitrogens is 1. The number of aliphatic imine (C=N–C) groups is 1. The zero-order chi connectivity index (χ0) is 18.6. The minimum atomic E-state index is -4.26. The molecule has 0 N–H and O–H groups in total. The number of benzene rings is 1. The molecule has 3 nitrogen and oxygen atoms in total. The first-order valence-corrected chi connectivity index (χ1v) is 8.46. The number of hydrogen-bond donors (Lipinski definition) is 0. The molecule has 2 rings (SSSR count). The van der Waals surface area contributed by atoms with E-state index >= 15 is 0 Å². The third kappa shape index (κ3) is 5.26. The second-order valence-electron chi connectivity index (χ2n) is 5.66. The third-order valence-corrected chi connectivity index (χ3v) is 4.48. The normalized spacial score (nSPS) is 12.5. The average Bonchev–Trinajstić information content (AvgIpc) is 2.95. The van der Waals surface area contributed by atoms with Crippen LogP contribution in [0.3, 0.4) is 0 Å². The van der Waals surface area contributed by atoms with E-state index in [2.05, 4.69) is 4.99 Å². The molecule has 0 aliphatic carbocycles. The van der Waals surface area contributed by atoms with Crippen LogP contribution in [0.1, 0.15) is 11.3 Å². The molecule has 0 bridgehead atoms. The minimum absolute atomic E-state index is 0.333. The van der Waals surface area contributed by atoms with Crippen LogP contribution in [-0.4, -0.2) is 41.3 Å². The molecule has 136 valence electrons. The largest absolute Gasteiger partial charge is 0.398 e. The number of alkyl halides is 4. The van der Waals surface area contributed by atoms with Gasteiger partial charge in [-0.1, -0.05) is 6.07 Å². The Balaban J connectivity index is 2.42. The number of thioether (sulfide) groups is 1. The maximum Gasteiger partial charge on any atom is 0.398 e. The lowest BCUT2D eigenvalue weighted by molar-refractivity contribution is -0.105. The van der Waals surface area contributed by atoms with Gasteiger partial charge in [-0.3, -0.25) is 0 Å². The summed E-state index contributed by atoms with van der Waals surface area (Å²) in [5.41, 5.74) is 1.49. The Bertz CT molecular complexity index is 751. The van der Waals surface area contributed by atoms with Crippen molar-refractivity contribution in [2.45, 2.75) is 17.7 Å². The lowest BCUT2D eigenvalue weighted by Crippen LogP contribution is -2.25. The first-order valence-electron chi connectivity index (χ1n) is 7.47. The molecule has 0 saturated heterocycles. The van der Waals surface area contributed by atoms with Crippen LogP contribution in [-0.2, 0) is 13.7 Å². The summed E-state index contributed by atoms with van der Waals surface area (Å²) in [7, 11) is 5.48. The summed E-state index contributed by atoms with van der Waals surface area (Å²) in [4.78, 5) is 6.71. The molecule has 8 heteroatoms. The van der Waals surface area contributed by atoms with Crippen molar-refractivity contribution in [2.75, 3.05) is 19.8 Å². The molecular formula is C17H19F4N3S. The van der Waals surface area contributed by atoms with Gasteiger partial charge >= 0.3 is 6.18 Å². The topological polar surface area (TPSA) is 20.5 Å². The first kappa shape index (κ1) is 19.4. The molecule has 0 aliphatic rings. The van der Waals surface area contributed by atoms with Crippen molar-refractivity contribution in [1.82, 2.24) is 9.47 Å². The average molecular weight is 373 g/mol. The van der Waals surface area contributed by atoms with Crippen molar-refractivity contribution < 1.29 is 17.6 Å². The lowest BCUT2D eigenvalue weighted by Gasteiger charge is -2.17. The fraction of sp³-hybridized carbons (Fsp3) is 0.353. The van der Waals surface area contributed by atoms with E-state index in [9.17, 15) is 17.6 Å². The molecule has 0 saturated carbocycles. The van der Waals surface area contributed by atoms with E-state index in [-0.39, 0.29) is 0 Å². The highest BCUT2D eigenvalue weighted by Gasteiger charge is 2.27. The molecule has 0 amide bonds. The number of halogens is 4. The van der Waals surface area contributed by atoms with Gasteiger partial charge in [0.05, 0.1) is 17.1 Å².